The molecule has 0 heterocycles. The van der Waals surface area contributed by atoms with Crippen LogP contribution in [-0.4, -0.2) is 25.1 Å². The molecule has 0 aromatic carbocycles. The van der Waals surface area contributed by atoms with Gasteiger partial charge in [0.25, 0.3) is 0 Å². The normalized spacial score (nSPS) is 6.80. The van der Waals surface area contributed by atoms with E-state index in [9.17, 15) is 0 Å². The first-order valence-corrected chi connectivity index (χ1v) is 3.36. The second-order valence-corrected chi connectivity index (χ2v) is 2.11. The molecule has 0 saturated carbocycles. The molecule has 0 spiro atoms. The predicted octanol–water partition coefficient (Wildman–Crippen LogP) is 1.08. The zero-order chi connectivity index (χ0) is 4.28. The minimum absolute atomic E-state index is 1.42. The quantitative estimate of drug-likeness (QED) is 0.614. The monoisotopic (exact) mass is 264 g/mol. The summed E-state index contributed by atoms with van der Waals surface area (Å²) < 4.78 is 2.17. The molecule has 1 radical (unpaired) electrons. The first kappa shape index (κ1) is 5.64. The van der Waals surface area contributed by atoms with E-state index in [4.69, 9.17) is 0 Å². The summed E-state index contributed by atoms with van der Waals surface area (Å²) in [5, 5.41) is 0. The summed E-state index contributed by atoms with van der Waals surface area (Å²) in [7, 11) is 0. The van der Waals surface area contributed by atoms with Gasteiger partial charge in [-0.05, 0) is 0 Å². The van der Waals surface area contributed by atoms with Gasteiger partial charge in [-0.3, -0.25) is 0 Å². The fraction of sp³-hybridized carbons (Fsp3) is 0.500. The molecule has 0 aliphatic heterocycles. The summed E-state index contributed by atoms with van der Waals surface area (Å²) >= 11 is 1.54. The van der Waals surface area contributed by atoms with Crippen molar-refractivity contribution >= 4 is 25.1 Å². The Balaban J connectivity index is 3.14. The van der Waals surface area contributed by atoms with Gasteiger partial charge in [0.15, 0.2) is 0 Å². The van der Waals surface area contributed by atoms with Crippen molar-refractivity contribution in [2.24, 2.45) is 0 Å². The van der Waals surface area contributed by atoms with E-state index in [1.54, 1.807) is 25.1 Å². The molecular weight excluding hydrogens is 257 g/mol. The Bertz CT molecular complexity index is 41.6. The van der Waals surface area contributed by atoms with Gasteiger partial charge in [-0.25, -0.2) is 0 Å². The molecular formula is C4H7Po. The van der Waals surface area contributed by atoms with Crippen molar-refractivity contribution in [1.82, 2.24) is 0 Å². The minimum atomic E-state index is 1.42. The molecule has 0 aromatic rings. The molecule has 0 N–H and O–H groups in total. The van der Waals surface area contributed by atoms with Crippen LogP contribution in [0.4, 0.5) is 0 Å². The van der Waals surface area contributed by atoms with Crippen molar-refractivity contribution in [2.75, 3.05) is 0 Å². The molecule has 0 rings (SSSR count). The Morgan fingerprint density at radius 3 is 1.80 bits per heavy atom. The van der Waals surface area contributed by atoms with Crippen LogP contribution in [-0.2, 0) is 0 Å². The molecule has 0 nitrogen and oxygen atoms in total. The summed E-state index contributed by atoms with van der Waals surface area (Å²) in [6.07, 6.45) is 0. The fourth-order valence-electron chi connectivity index (χ4n) is 0. The van der Waals surface area contributed by atoms with E-state index in [0.29, 0.717) is 0 Å². The van der Waals surface area contributed by atoms with Crippen LogP contribution in [0.15, 0.2) is 9.31 Å². The van der Waals surface area contributed by atoms with Crippen molar-refractivity contribution in [3.8, 4) is 0 Å². The molecule has 0 aliphatic carbocycles. The molecule has 0 atom stereocenters. The Kier molecular flexibility index (Phi) is 3.21. The van der Waals surface area contributed by atoms with Crippen molar-refractivity contribution in [3.63, 3.8) is 0 Å². The van der Waals surface area contributed by atoms with E-state index < -0.39 is 0 Å². The third-order valence-corrected chi connectivity index (χ3v) is 2.07. The average Bonchev–Trinajstić information content (AvgIpc) is 1.38. The van der Waals surface area contributed by atoms with Gasteiger partial charge in [-0.2, -0.15) is 0 Å². The number of hydrogen-bond donors (Lipinski definition) is 0. The van der Waals surface area contributed by atoms with Crippen LogP contribution in [0.25, 0.3) is 0 Å². The third kappa shape index (κ3) is 4.64. The Hall–Kier alpha value is 0.636. The van der Waals surface area contributed by atoms with E-state index in [-0.39, 0.29) is 0 Å². The molecule has 1 heteroatoms. The summed E-state index contributed by atoms with van der Waals surface area (Å²) in [5.41, 5.74) is 1.42. The Morgan fingerprint density at radius 1 is 1.60 bits per heavy atom. The first-order valence-electron chi connectivity index (χ1n) is 1.52. The van der Waals surface area contributed by atoms with Gasteiger partial charge in [-0.15, -0.1) is 0 Å². The van der Waals surface area contributed by atoms with Crippen LogP contribution in [0.1, 0.15) is 13.8 Å². The molecule has 0 saturated heterocycles. The van der Waals surface area contributed by atoms with Gasteiger partial charge in [0.2, 0.25) is 0 Å². The SMILES string of the molecule is CC(C)=[CH][Po]. The van der Waals surface area contributed by atoms with E-state index in [2.05, 4.69) is 17.6 Å². The molecule has 0 aliphatic rings. The zero-order valence-corrected chi connectivity index (χ0v) is 6.66. The van der Waals surface area contributed by atoms with Crippen LogP contribution in [0.5, 0.6) is 0 Å². The van der Waals surface area contributed by atoms with Crippen molar-refractivity contribution in [3.05, 3.63) is 9.31 Å². The average molecular weight is 264 g/mol. The first-order chi connectivity index (χ1) is 2.27. The predicted molar refractivity (Wildman–Crippen MR) is 25.2 cm³/mol. The molecule has 29 valence electrons. The third-order valence-electron chi connectivity index (χ3n) is 0.236. The number of rotatable bonds is 0. The molecule has 0 amide bonds. The Morgan fingerprint density at radius 2 is 1.80 bits per heavy atom. The Labute approximate surface area is 48.4 Å². The topological polar surface area (TPSA) is 0 Å². The van der Waals surface area contributed by atoms with E-state index in [1.165, 1.54) is 5.57 Å². The number of hydrogen-bond acceptors (Lipinski definition) is 0. The van der Waals surface area contributed by atoms with Crippen molar-refractivity contribution in [1.29, 1.82) is 0 Å². The van der Waals surface area contributed by atoms with Crippen LogP contribution < -0.4 is 0 Å². The summed E-state index contributed by atoms with van der Waals surface area (Å²) in [6, 6.07) is 0. The molecule has 0 aromatic heterocycles. The zero-order valence-electron chi connectivity index (χ0n) is 3.49. The second-order valence-electron chi connectivity index (χ2n) is 1.20. The van der Waals surface area contributed by atoms with E-state index >= 15 is 0 Å². The summed E-state index contributed by atoms with van der Waals surface area (Å²) in [6.45, 7) is 4.21. The maximum atomic E-state index is 2.17. The molecule has 0 fully saturated rings. The summed E-state index contributed by atoms with van der Waals surface area (Å²) in [4.78, 5) is 0. The van der Waals surface area contributed by atoms with Crippen LogP contribution in [0.2, 0.25) is 0 Å². The van der Waals surface area contributed by atoms with Gasteiger partial charge >= 0.3 is 48.2 Å². The molecule has 0 bridgehead atoms. The van der Waals surface area contributed by atoms with Crippen LogP contribution >= 0.6 is 0 Å². The number of allylic oxidation sites excluding steroid dienone is 1. The van der Waals surface area contributed by atoms with E-state index in [1.807, 2.05) is 0 Å². The van der Waals surface area contributed by atoms with Crippen molar-refractivity contribution in [2.45, 2.75) is 13.8 Å². The van der Waals surface area contributed by atoms with Crippen LogP contribution in [0, 0.1) is 0 Å². The van der Waals surface area contributed by atoms with Gasteiger partial charge < -0.3 is 0 Å². The second kappa shape index (κ2) is 2.85. The molecule has 0 unspecified atom stereocenters. The van der Waals surface area contributed by atoms with Gasteiger partial charge in [-0.1, -0.05) is 0 Å². The van der Waals surface area contributed by atoms with Crippen LogP contribution in [0.3, 0.4) is 0 Å². The van der Waals surface area contributed by atoms with Gasteiger partial charge in [0.05, 0.1) is 0 Å². The summed E-state index contributed by atoms with van der Waals surface area (Å²) in [5.74, 6) is 0. The van der Waals surface area contributed by atoms with Crippen molar-refractivity contribution < 1.29 is 0 Å². The standard InChI is InChI=1S/C4H7.Po/c1-4(2)3;/h1H,2-3H3;. The van der Waals surface area contributed by atoms with Gasteiger partial charge in [0.1, 0.15) is 0 Å². The molecule has 5 heavy (non-hydrogen) atoms. The van der Waals surface area contributed by atoms with E-state index in [0.717, 1.165) is 0 Å². The van der Waals surface area contributed by atoms with Gasteiger partial charge in [0, 0.05) is 0 Å². The maximum absolute atomic E-state index is 2.17. The fourth-order valence-corrected chi connectivity index (χ4v) is 0.